The second-order valence-corrected chi connectivity index (χ2v) is 8.17. The van der Waals surface area contributed by atoms with Gasteiger partial charge in [-0.3, -0.25) is 14.4 Å². The molecule has 0 saturated carbocycles. The van der Waals surface area contributed by atoms with Gasteiger partial charge in [-0.1, -0.05) is 23.7 Å². The van der Waals surface area contributed by atoms with Crippen LogP contribution in [0.15, 0.2) is 48.5 Å². The van der Waals surface area contributed by atoms with E-state index in [0.29, 0.717) is 49.1 Å². The molecule has 7 nitrogen and oxygen atoms in total. The number of benzene rings is 2. The average Bonchev–Trinajstić information content (AvgIpc) is 3.20. The van der Waals surface area contributed by atoms with Crippen molar-refractivity contribution in [3.05, 3.63) is 59.1 Å². The molecule has 0 spiro atoms. The molecule has 2 saturated heterocycles. The van der Waals surface area contributed by atoms with Gasteiger partial charge in [0.2, 0.25) is 11.8 Å². The van der Waals surface area contributed by atoms with Crippen LogP contribution in [0, 0.1) is 5.92 Å². The quantitative estimate of drug-likeness (QED) is 0.731. The number of rotatable bonds is 4. The van der Waals surface area contributed by atoms with Crippen LogP contribution in [0.1, 0.15) is 16.8 Å². The monoisotopic (exact) mass is 441 g/mol. The van der Waals surface area contributed by atoms with Gasteiger partial charge < -0.3 is 19.4 Å². The second kappa shape index (κ2) is 8.98. The minimum atomic E-state index is -0.381. The van der Waals surface area contributed by atoms with Gasteiger partial charge in [0.25, 0.3) is 5.91 Å². The molecular weight excluding hydrogens is 418 g/mol. The maximum atomic E-state index is 13.0. The molecule has 2 aromatic carbocycles. The highest BCUT2D eigenvalue weighted by molar-refractivity contribution is 6.30. The molecule has 0 radical (unpaired) electrons. The number of hydrogen-bond acceptors (Lipinski definition) is 4. The van der Waals surface area contributed by atoms with E-state index in [1.165, 1.54) is 0 Å². The third kappa shape index (κ3) is 4.51. The molecule has 0 bridgehead atoms. The third-order valence-electron chi connectivity index (χ3n) is 5.79. The van der Waals surface area contributed by atoms with Crippen molar-refractivity contribution in [3.63, 3.8) is 0 Å². The number of anilines is 1. The number of carbonyl (C=O) groups is 3. The number of ether oxygens (including phenoxy) is 1. The van der Waals surface area contributed by atoms with Gasteiger partial charge in [-0.05, 0) is 30.3 Å². The molecule has 31 heavy (non-hydrogen) atoms. The van der Waals surface area contributed by atoms with Crippen molar-refractivity contribution in [3.8, 4) is 5.75 Å². The zero-order valence-electron chi connectivity index (χ0n) is 17.3. The van der Waals surface area contributed by atoms with E-state index in [-0.39, 0.29) is 30.1 Å². The summed E-state index contributed by atoms with van der Waals surface area (Å²) in [6.07, 6.45) is 0.192. The van der Waals surface area contributed by atoms with Gasteiger partial charge in [-0.15, -0.1) is 0 Å². The first-order valence-electron chi connectivity index (χ1n) is 10.2. The van der Waals surface area contributed by atoms with E-state index in [9.17, 15) is 14.4 Å². The third-order valence-corrected chi connectivity index (χ3v) is 6.02. The first kappa shape index (κ1) is 21.2. The van der Waals surface area contributed by atoms with Crippen LogP contribution in [0.5, 0.6) is 5.75 Å². The van der Waals surface area contributed by atoms with Crippen LogP contribution < -0.4 is 9.64 Å². The summed E-state index contributed by atoms with van der Waals surface area (Å²) in [6, 6.07) is 14.1. The SMILES string of the molecule is COc1cccc(N2C[C@@H](C(=O)N3CCN(C(=O)c4cccc(Cl)c4)CC3)CC2=O)c1. The standard InChI is InChI=1S/C23H24ClN3O4/c1-31-20-7-3-6-19(14-20)27-15-17(13-21(27)28)23(30)26-10-8-25(9-11-26)22(29)16-4-2-5-18(24)12-16/h2-7,12,14,17H,8-11,13,15H2,1H3/t17-/m0/s1. The number of nitrogens with zero attached hydrogens (tertiary/aromatic N) is 3. The van der Waals surface area contributed by atoms with Crippen LogP contribution in [0.4, 0.5) is 5.69 Å². The molecule has 4 rings (SSSR count). The fraction of sp³-hybridized carbons (Fsp3) is 0.348. The van der Waals surface area contributed by atoms with Crippen molar-refractivity contribution in [1.82, 2.24) is 9.80 Å². The molecule has 2 heterocycles. The minimum Gasteiger partial charge on any atom is -0.497 e. The van der Waals surface area contributed by atoms with Crippen LogP contribution in [0.2, 0.25) is 5.02 Å². The Balaban J connectivity index is 1.35. The van der Waals surface area contributed by atoms with Crippen LogP contribution >= 0.6 is 11.6 Å². The Hall–Kier alpha value is -3.06. The highest BCUT2D eigenvalue weighted by Gasteiger charge is 2.38. The van der Waals surface area contributed by atoms with Crippen molar-refractivity contribution < 1.29 is 19.1 Å². The average molecular weight is 442 g/mol. The Morgan fingerprint density at radius 1 is 1.00 bits per heavy atom. The fourth-order valence-corrected chi connectivity index (χ4v) is 4.28. The van der Waals surface area contributed by atoms with Crippen molar-refractivity contribution in [1.29, 1.82) is 0 Å². The van der Waals surface area contributed by atoms with Gasteiger partial charge in [0.05, 0.1) is 13.0 Å². The van der Waals surface area contributed by atoms with Gasteiger partial charge in [-0.2, -0.15) is 0 Å². The smallest absolute Gasteiger partial charge is 0.254 e. The van der Waals surface area contributed by atoms with Gasteiger partial charge >= 0.3 is 0 Å². The molecule has 0 aliphatic carbocycles. The van der Waals surface area contributed by atoms with E-state index in [1.54, 1.807) is 52.1 Å². The summed E-state index contributed by atoms with van der Waals surface area (Å²) in [5.41, 5.74) is 1.28. The van der Waals surface area contributed by atoms with Crippen molar-refractivity contribution in [2.45, 2.75) is 6.42 Å². The first-order valence-corrected chi connectivity index (χ1v) is 10.6. The molecule has 3 amide bonds. The van der Waals surface area contributed by atoms with Crippen LogP contribution in [0.3, 0.4) is 0 Å². The van der Waals surface area contributed by atoms with Crippen LogP contribution in [-0.2, 0) is 9.59 Å². The summed E-state index contributed by atoms with van der Waals surface area (Å²) in [7, 11) is 1.58. The molecule has 2 aliphatic rings. The number of piperazine rings is 1. The number of hydrogen-bond donors (Lipinski definition) is 0. The van der Waals surface area contributed by atoms with Crippen molar-refractivity contribution in [2.24, 2.45) is 5.92 Å². The predicted octanol–water partition coefficient (Wildman–Crippen LogP) is 2.69. The normalized spacial score (nSPS) is 19.0. The highest BCUT2D eigenvalue weighted by atomic mass is 35.5. The Bertz CT molecular complexity index is 1000. The fourth-order valence-electron chi connectivity index (χ4n) is 4.09. The predicted molar refractivity (Wildman–Crippen MR) is 117 cm³/mol. The van der Waals surface area contributed by atoms with E-state index < -0.39 is 0 Å². The molecule has 2 aromatic rings. The number of carbonyl (C=O) groups excluding carboxylic acids is 3. The number of amides is 3. The van der Waals surface area contributed by atoms with Gasteiger partial charge in [0.15, 0.2) is 0 Å². The summed E-state index contributed by atoms with van der Waals surface area (Å²) in [6.45, 7) is 2.17. The Morgan fingerprint density at radius 3 is 2.42 bits per heavy atom. The van der Waals surface area contributed by atoms with E-state index in [0.717, 1.165) is 5.69 Å². The summed E-state index contributed by atoms with van der Waals surface area (Å²) in [5, 5.41) is 0.520. The summed E-state index contributed by atoms with van der Waals surface area (Å²) in [4.78, 5) is 43.4. The lowest BCUT2D eigenvalue weighted by atomic mass is 10.1. The van der Waals surface area contributed by atoms with Gasteiger partial charge in [0.1, 0.15) is 5.75 Å². The lowest BCUT2D eigenvalue weighted by molar-refractivity contribution is -0.137. The van der Waals surface area contributed by atoms with Crippen molar-refractivity contribution in [2.75, 3.05) is 44.7 Å². The summed E-state index contributed by atoms with van der Waals surface area (Å²) in [5.74, 6) is 0.0965. The lowest BCUT2D eigenvalue weighted by Crippen LogP contribution is -2.52. The van der Waals surface area contributed by atoms with E-state index in [2.05, 4.69) is 0 Å². The first-order chi connectivity index (χ1) is 15.0. The zero-order valence-corrected chi connectivity index (χ0v) is 18.0. The summed E-state index contributed by atoms with van der Waals surface area (Å²) < 4.78 is 5.23. The molecule has 0 unspecified atom stereocenters. The number of halogens is 1. The van der Waals surface area contributed by atoms with Crippen LogP contribution in [0.25, 0.3) is 0 Å². The Morgan fingerprint density at radius 2 is 1.71 bits per heavy atom. The Kier molecular flexibility index (Phi) is 6.13. The summed E-state index contributed by atoms with van der Waals surface area (Å²) >= 11 is 5.99. The molecular formula is C23H24ClN3O4. The zero-order chi connectivity index (χ0) is 22.0. The molecule has 162 valence electrons. The second-order valence-electron chi connectivity index (χ2n) is 7.73. The molecule has 0 aromatic heterocycles. The molecule has 2 fully saturated rings. The largest absolute Gasteiger partial charge is 0.497 e. The van der Waals surface area contributed by atoms with Gasteiger partial charge in [-0.25, -0.2) is 0 Å². The Labute approximate surface area is 186 Å². The van der Waals surface area contributed by atoms with E-state index >= 15 is 0 Å². The molecule has 0 N–H and O–H groups in total. The number of methoxy groups -OCH3 is 1. The maximum Gasteiger partial charge on any atom is 0.254 e. The van der Waals surface area contributed by atoms with E-state index in [1.807, 2.05) is 18.2 Å². The molecule has 8 heteroatoms. The highest BCUT2D eigenvalue weighted by Crippen LogP contribution is 2.29. The van der Waals surface area contributed by atoms with Crippen molar-refractivity contribution >= 4 is 35.0 Å². The van der Waals surface area contributed by atoms with E-state index in [4.69, 9.17) is 16.3 Å². The molecule has 2 aliphatic heterocycles. The molecule has 1 atom stereocenters. The maximum absolute atomic E-state index is 13.0. The van der Waals surface area contributed by atoms with Gasteiger partial charge in [0, 0.05) is 61.5 Å². The minimum absolute atomic E-state index is 0.0337. The topological polar surface area (TPSA) is 70.2 Å². The lowest BCUT2D eigenvalue weighted by Gasteiger charge is -2.36. The van der Waals surface area contributed by atoms with Crippen LogP contribution in [-0.4, -0.2) is 67.4 Å².